The molecule has 2 rings (SSSR count). The Morgan fingerprint density at radius 2 is 2.39 bits per heavy atom. The van der Waals surface area contributed by atoms with Crippen LogP contribution in [0.4, 0.5) is 4.79 Å². The van der Waals surface area contributed by atoms with E-state index in [9.17, 15) is 4.79 Å². The van der Waals surface area contributed by atoms with E-state index in [0.29, 0.717) is 12.5 Å². The molecule has 0 aromatic heterocycles. The fourth-order valence-corrected chi connectivity index (χ4v) is 2.18. The second kappa shape index (κ2) is 5.59. The van der Waals surface area contributed by atoms with Crippen LogP contribution in [0.2, 0.25) is 5.02 Å². The smallest absolute Gasteiger partial charge is 0.317 e. The number of nitrogens with zero attached hydrogens (tertiary/aromatic N) is 1. The molecule has 18 heavy (non-hydrogen) atoms. The van der Waals surface area contributed by atoms with Gasteiger partial charge in [0.1, 0.15) is 0 Å². The van der Waals surface area contributed by atoms with Crippen LogP contribution in [0.5, 0.6) is 0 Å². The lowest BCUT2D eigenvalue weighted by atomic mass is 10.1. The number of hydrogen-bond donors (Lipinski definition) is 2. The van der Waals surface area contributed by atoms with Crippen LogP contribution >= 0.6 is 11.6 Å². The second-order valence-corrected chi connectivity index (χ2v) is 5.03. The molecule has 5 heteroatoms. The van der Waals surface area contributed by atoms with Gasteiger partial charge in [0.25, 0.3) is 0 Å². The van der Waals surface area contributed by atoms with Crippen LogP contribution < -0.4 is 5.32 Å². The first kappa shape index (κ1) is 13.2. The van der Waals surface area contributed by atoms with E-state index in [1.807, 2.05) is 24.3 Å². The maximum Gasteiger partial charge on any atom is 0.317 e. The highest BCUT2D eigenvalue weighted by atomic mass is 35.5. The molecule has 2 N–H and O–H groups in total. The molecule has 1 aromatic carbocycles. The zero-order valence-corrected chi connectivity index (χ0v) is 11.0. The molecule has 2 atom stereocenters. The highest BCUT2D eigenvalue weighted by molar-refractivity contribution is 6.30. The van der Waals surface area contributed by atoms with Gasteiger partial charge in [-0.05, 0) is 24.1 Å². The molecule has 2 amide bonds. The summed E-state index contributed by atoms with van der Waals surface area (Å²) < 4.78 is 0. The van der Waals surface area contributed by atoms with Crippen molar-refractivity contribution in [2.45, 2.75) is 18.4 Å². The van der Waals surface area contributed by atoms with Crippen molar-refractivity contribution in [1.82, 2.24) is 10.2 Å². The van der Waals surface area contributed by atoms with Crippen molar-refractivity contribution in [1.29, 1.82) is 0 Å². The molecule has 98 valence electrons. The number of urea groups is 1. The van der Waals surface area contributed by atoms with Gasteiger partial charge in [-0.25, -0.2) is 4.79 Å². The summed E-state index contributed by atoms with van der Waals surface area (Å²) in [7, 11) is 1.67. The van der Waals surface area contributed by atoms with Gasteiger partial charge in [0, 0.05) is 30.6 Å². The predicted molar refractivity (Wildman–Crippen MR) is 70.8 cm³/mol. The van der Waals surface area contributed by atoms with Gasteiger partial charge in [-0.1, -0.05) is 23.7 Å². The van der Waals surface area contributed by atoms with Crippen LogP contribution in [-0.2, 0) is 0 Å². The number of hydrogen-bond acceptors (Lipinski definition) is 2. The van der Waals surface area contributed by atoms with Gasteiger partial charge in [-0.3, -0.25) is 0 Å². The Bertz CT molecular complexity index is 439. The van der Waals surface area contributed by atoms with Gasteiger partial charge in [0.05, 0.1) is 6.61 Å². The summed E-state index contributed by atoms with van der Waals surface area (Å²) in [5.41, 5.74) is 1.16. The average Bonchev–Trinajstić information content (AvgIpc) is 3.08. The molecule has 1 aliphatic carbocycles. The minimum Gasteiger partial charge on any atom is -0.395 e. The molecule has 0 saturated heterocycles. The molecule has 0 bridgehead atoms. The SMILES string of the molecule is CN(CCO)C(=O)NC1CC1c1cccc(Cl)c1. The number of rotatable bonds is 4. The molecule has 1 aromatic rings. The van der Waals surface area contributed by atoms with E-state index >= 15 is 0 Å². The van der Waals surface area contributed by atoms with Crippen molar-refractivity contribution in [2.75, 3.05) is 20.2 Å². The number of carbonyl (C=O) groups is 1. The topological polar surface area (TPSA) is 52.6 Å². The van der Waals surface area contributed by atoms with E-state index in [4.69, 9.17) is 16.7 Å². The summed E-state index contributed by atoms with van der Waals surface area (Å²) in [6, 6.07) is 7.77. The lowest BCUT2D eigenvalue weighted by Crippen LogP contribution is -2.40. The lowest BCUT2D eigenvalue weighted by molar-refractivity contribution is 0.190. The van der Waals surface area contributed by atoms with Crippen LogP contribution in [0.1, 0.15) is 17.9 Å². The maximum atomic E-state index is 11.7. The summed E-state index contributed by atoms with van der Waals surface area (Å²) in [5.74, 6) is 0.357. The summed E-state index contributed by atoms with van der Waals surface area (Å²) in [5, 5.41) is 12.4. The number of benzene rings is 1. The number of nitrogens with one attached hydrogen (secondary N) is 1. The van der Waals surface area contributed by atoms with Crippen LogP contribution in [0.15, 0.2) is 24.3 Å². The summed E-state index contributed by atoms with van der Waals surface area (Å²) in [6.45, 7) is 0.326. The molecule has 0 aliphatic heterocycles. The summed E-state index contributed by atoms with van der Waals surface area (Å²) in [4.78, 5) is 13.2. The van der Waals surface area contributed by atoms with Crippen molar-refractivity contribution in [3.8, 4) is 0 Å². The van der Waals surface area contributed by atoms with Crippen LogP contribution in [-0.4, -0.2) is 42.3 Å². The molecular formula is C13H17ClN2O2. The van der Waals surface area contributed by atoms with E-state index < -0.39 is 0 Å². The number of likely N-dealkylation sites (N-methyl/N-ethyl adjacent to an activating group) is 1. The van der Waals surface area contributed by atoms with Crippen LogP contribution in [0, 0.1) is 0 Å². The van der Waals surface area contributed by atoms with Crippen molar-refractivity contribution < 1.29 is 9.90 Å². The maximum absolute atomic E-state index is 11.7. The van der Waals surface area contributed by atoms with E-state index in [0.717, 1.165) is 17.0 Å². The van der Waals surface area contributed by atoms with Crippen molar-refractivity contribution in [3.05, 3.63) is 34.9 Å². The number of halogens is 1. The number of amides is 2. The Hall–Kier alpha value is -1.26. The molecule has 0 spiro atoms. The number of aliphatic hydroxyl groups excluding tert-OH is 1. The van der Waals surface area contributed by atoms with Gasteiger partial charge in [0.15, 0.2) is 0 Å². The highest BCUT2D eigenvalue weighted by Crippen LogP contribution is 2.41. The van der Waals surface area contributed by atoms with E-state index in [-0.39, 0.29) is 18.7 Å². The number of carbonyl (C=O) groups excluding carboxylic acids is 1. The Kier molecular flexibility index (Phi) is 4.09. The molecule has 1 fully saturated rings. The average molecular weight is 269 g/mol. The molecule has 1 aliphatic rings. The number of aliphatic hydroxyl groups is 1. The van der Waals surface area contributed by atoms with E-state index in [2.05, 4.69) is 5.32 Å². The molecule has 1 saturated carbocycles. The zero-order chi connectivity index (χ0) is 13.1. The van der Waals surface area contributed by atoms with E-state index in [1.165, 1.54) is 4.90 Å². The monoisotopic (exact) mass is 268 g/mol. The van der Waals surface area contributed by atoms with Crippen LogP contribution in [0.25, 0.3) is 0 Å². The van der Waals surface area contributed by atoms with Gasteiger partial charge >= 0.3 is 6.03 Å². The summed E-state index contributed by atoms with van der Waals surface area (Å²) >= 11 is 5.94. The van der Waals surface area contributed by atoms with Gasteiger partial charge in [0.2, 0.25) is 0 Å². The minimum absolute atomic E-state index is 0.0215. The van der Waals surface area contributed by atoms with Gasteiger partial charge in [-0.15, -0.1) is 0 Å². The minimum atomic E-state index is -0.140. The first-order valence-corrected chi connectivity index (χ1v) is 6.37. The molecule has 2 unspecified atom stereocenters. The lowest BCUT2D eigenvalue weighted by Gasteiger charge is -2.16. The molecule has 4 nitrogen and oxygen atoms in total. The standard InChI is InChI=1S/C13H17ClN2O2/c1-16(5-6-17)13(18)15-12-8-11(12)9-3-2-4-10(14)7-9/h2-4,7,11-12,17H,5-6,8H2,1H3,(H,15,18). The Morgan fingerprint density at radius 1 is 1.61 bits per heavy atom. The Labute approximate surface area is 112 Å². The van der Waals surface area contributed by atoms with Crippen molar-refractivity contribution >= 4 is 17.6 Å². The predicted octanol–water partition coefficient (Wildman–Crippen LogP) is 1.83. The first-order chi connectivity index (χ1) is 8.61. The fraction of sp³-hybridized carbons (Fsp3) is 0.462. The summed E-state index contributed by atoms with van der Waals surface area (Å²) in [6.07, 6.45) is 0.943. The molecule has 0 radical (unpaired) electrons. The Morgan fingerprint density at radius 3 is 3.06 bits per heavy atom. The molecular weight excluding hydrogens is 252 g/mol. The third-order valence-electron chi connectivity index (χ3n) is 3.16. The molecule has 0 heterocycles. The van der Waals surface area contributed by atoms with Crippen LogP contribution in [0.3, 0.4) is 0 Å². The zero-order valence-electron chi connectivity index (χ0n) is 10.3. The fourth-order valence-electron chi connectivity index (χ4n) is 1.98. The van der Waals surface area contributed by atoms with Crippen molar-refractivity contribution in [3.63, 3.8) is 0 Å². The third-order valence-corrected chi connectivity index (χ3v) is 3.39. The van der Waals surface area contributed by atoms with Gasteiger partial charge < -0.3 is 15.3 Å². The third kappa shape index (κ3) is 3.15. The van der Waals surface area contributed by atoms with Crippen molar-refractivity contribution in [2.24, 2.45) is 0 Å². The van der Waals surface area contributed by atoms with E-state index in [1.54, 1.807) is 7.05 Å². The second-order valence-electron chi connectivity index (χ2n) is 4.60. The first-order valence-electron chi connectivity index (χ1n) is 5.99. The van der Waals surface area contributed by atoms with Gasteiger partial charge in [-0.2, -0.15) is 0 Å². The quantitative estimate of drug-likeness (QED) is 0.875. The Balaban J connectivity index is 1.86. The normalized spacial score (nSPS) is 21.5. The largest absolute Gasteiger partial charge is 0.395 e. The highest BCUT2D eigenvalue weighted by Gasteiger charge is 2.39.